The van der Waals surface area contributed by atoms with Gasteiger partial charge in [-0.1, -0.05) is 0 Å². The van der Waals surface area contributed by atoms with Crippen molar-refractivity contribution in [2.75, 3.05) is 18.0 Å². The summed E-state index contributed by atoms with van der Waals surface area (Å²) in [7, 11) is 0. The van der Waals surface area contributed by atoms with Crippen molar-refractivity contribution in [3.63, 3.8) is 0 Å². The van der Waals surface area contributed by atoms with Gasteiger partial charge in [0.1, 0.15) is 0 Å². The first-order valence-corrected chi connectivity index (χ1v) is 5.77. The van der Waals surface area contributed by atoms with Gasteiger partial charge in [0.05, 0.1) is 10.6 Å². The molecule has 0 saturated carbocycles. The second-order valence-electron chi connectivity index (χ2n) is 3.71. The Morgan fingerprint density at radius 2 is 2.00 bits per heavy atom. The van der Waals surface area contributed by atoms with Crippen LogP contribution in [0.5, 0.6) is 0 Å². The maximum absolute atomic E-state index is 13.4. The number of hydrogen-bond donors (Lipinski definition) is 0. The fourth-order valence-electron chi connectivity index (χ4n) is 1.87. The Kier molecular flexibility index (Phi) is 3.09. The number of nitro groups is 1. The van der Waals surface area contributed by atoms with Gasteiger partial charge in [0, 0.05) is 29.7 Å². The highest BCUT2D eigenvalue weighted by Gasteiger charge is 2.21. The zero-order valence-corrected chi connectivity index (χ0v) is 10.0. The number of rotatable bonds is 2. The van der Waals surface area contributed by atoms with Gasteiger partial charge in [-0.3, -0.25) is 10.1 Å². The van der Waals surface area contributed by atoms with Crippen LogP contribution in [0.1, 0.15) is 12.8 Å². The lowest BCUT2D eigenvalue weighted by Gasteiger charge is -2.19. The Bertz CT molecular complexity index is 433. The Balaban J connectivity index is 2.40. The smallest absolute Gasteiger partial charge is 0.306 e. The van der Waals surface area contributed by atoms with Crippen molar-refractivity contribution in [2.45, 2.75) is 12.8 Å². The molecule has 1 aliphatic rings. The SMILES string of the molecule is O=[N+]([O-])c1cc(Br)c(N2CCCC2)cc1F. The molecule has 1 saturated heterocycles. The molecule has 0 aliphatic carbocycles. The van der Waals surface area contributed by atoms with Crippen molar-refractivity contribution >= 4 is 27.3 Å². The topological polar surface area (TPSA) is 46.4 Å². The summed E-state index contributed by atoms with van der Waals surface area (Å²) in [5, 5.41) is 10.5. The molecule has 86 valence electrons. The number of hydrogen-bond acceptors (Lipinski definition) is 3. The molecule has 1 aliphatic heterocycles. The average Bonchev–Trinajstić information content (AvgIpc) is 2.73. The first kappa shape index (κ1) is 11.3. The summed E-state index contributed by atoms with van der Waals surface area (Å²) in [4.78, 5) is 11.8. The molecule has 0 amide bonds. The van der Waals surface area contributed by atoms with E-state index in [4.69, 9.17) is 0 Å². The molecule has 0 radical (unpaired) electrons. The maximum Gasteiger partial charge on any atom is 0.306 e. The molecule has 1 aromatic carbocycles. The molecule has 0 spiro atoms. The van der Waals surface area contributed by atoms with E-state index in [1.165, 1.54) is 12.1 Å². The van der Waals surface area contributed by atoms with Crippen LogP contribution in [0.25, 0.3) is 0 Å². The fourth-order valence-corrected chi connectivity index (χ4v) is 2.45. The van der Waals surface area contributed by atoms with Crippen LogP contribution >= 0.6 is 15.9 Å². The van der Waals surface area contributed by atoms with Gasteiger partial charge in [-0.2, -0.15) is 4.39 Å². The van der Waals surface area contributed by atoms with E-state index in [-0.39, 0.29) is 0 Å². The molecule has 0 N–H and O–H groups in total. The molecular weight excluding hydrogens is 279 g/mol. The molecule has 0 atom stereocenters. The largest absolute Gasteiger partial charge is 0.371 e. The Labute approximate surface area is 100 Å². The van der Waals surface area contributed by atoms with Gasteiger partial charge in [0.2, 0.25) is 5.82 Å². The summed E-state index contributed by atoms with van der Waals surface area (Å²) in [6.45, 7) is 1.74. The third-order valence-corrected chi connectivity index (χ3v) is 3.29. The monoisotopic (exact) mass is 288 g/mol. The minimum absolute atomic E-state index is 0.491. The van der Waals surface area contributed by atoms with Crippen LogP contribution in [-0.2, 0) is 0 Å². The van der Waals surface area contributed by atoms with Crippen LogP contribution in [0.2, 0.25) is 0 Å². The molecule has 1 fully saturated rings. The fraction of sp³-hybridized carbons (Fsp3) is 0.400. The normalized spacial score (nSPS) is 15.5. The summed E-state index contributed by atoms with van der Waals surface area (Å²) in [6, 6.07) is 2.45. The van der Waals surface area contributed by atoms with Crippen LogP contribution in [-0.4, -0.2) is 18.0 Å². The van der Waals surface area contributed by atoms with Crippen molar-refractivity contribution < 1.29 is 9.31 Å². The maximum atomic E-state index is 13.4. The average molecular weight is 289 g/mol. The second kappa shape index (κ2) is 4.37. The minimum Gasteiger partial charge on any atom is -0.371 e. The lowest BCUT2D eigenvalue weighted by molar-refractivity contribution is -0.387. The van der Waals surface area contributed by atoms with Gasteiger partial charge >= 0.3 is 5.69 Å². The quantitative estimate of drug-likeness (QED) is 0.621. The second-order valence-corrected chi connectivity index (χ2v) is 4.56. The van der Waals surface area contributed by atoms with Gasteiger partial charge in [-0.15, -0.1) is 0 Å². The molecule has 1 heterocycles. The minimum atomic E-state index is -0.782. The van der Waals surface area contributed by atoms with Crippen LogP contribution in [0, 0.1) is 15.9 Å². The third kappa shape index (κ3) is 2.02. The summed E-state index contributed by atoms with van der Waals surface area (Å²) in [5.74, 6) is -0.782. The highest BCUT2D eigenvalue weighted by atomic mass is 79.9. The van der Waals surface area contributed by atoms with Crippen molar-refractivity contribution in [3.05, 3.63) is 32.5 Å². The van der Waals surface area contributed by atoms with Crippen LogP contribution in [0.4, 0.5) is 15.8 Å². The highest BCUT2D eigenvalue weighted by Crippen LogP contribution is 2.34. The van der Waals surface area contributed by atoms with Crippen LogP contribution in [0.15, 0.2) is 16.6 Å². The Hall–Kier alpha value is -1.17. The Morgan fingerprint density at radius 3 is 2.56 bits per heavy atom. The molecule has 6 heteroatoms. The van der Waals surface area contributed by atoms with Crippen molar-refractivity contribution in [3.8, 4) is 0 Å². The number of anilines is 1. The predicted octanol–water partition coefficient (Wildman–Crippen LogP) is 3.10. The van der Waals surface area contributed by atoms with E-state index in [0.717, 1.165) is 25.9 Å². The van der Waals surface area contributed by atoms with E-state index in [1.807, 2.05) is 4.90 Å². The van der Waals surface area contributed by atoms with Gasteiger partial charge in [-0.05, 0) is 28.8 Å². The van der Waals surface area contributed by atoms with Gasteiger partial charge in [0.25, 0.3) is 0 Å². The number of nitro benzene ring substituents is 1. The molecule has 1 aromatic rings. The van der Waals surface area contributed by atoms with Crippen LogP contribution in [0.3, 0.4) is 0 Å². The third-order valence-electron chi connectivity index (χ3n) is 2.66. The number of benzene rings is 1. The van der Waals surface area contributed by atoms with E-state index in [9.17, 15) is 14.5 Å². The predicted molar refractivity (Wildman–Crippen MR) is 62.2 cm³/mol. The molecule has 16 heavy (non-hydrogen) atoms. The first-order chi connectivity index (χ1) is 7.59. The lowest BCUT2D eigenvalue weighted by Crippen LogP contribution is -2.18. The standard InChI is InChI=1S/C10H10BrFN2O2/c11-7-5-10(14(15)16)8(12)6-9(7)13-3-1-2-4-13/h5-6H,1-4H2. The van der Waals surface area contributed by atoms with Crippen LogP contribution < -0.4 is 4.90 Å². The molecule has 0 bridgehead atoms. The van der Waals surface area contributed by atoms with Crippen molar-refractivity contribution in [2.24, 2.45) is 0 Å². The Morgan fingerprint density at radius 1 is 1.38 bits per heavy atom. The zero-order chi connectivity index (χ0) is 11.7. The van der Waals surface area contributed by atoms with E-state index in [1.54, 1.807) is 0 Å². The van der Waals surface area contributed by atoms with Gasteiger partial charge < -0.3 is 4.90 Å². The van der Waals surface area contributed by atoms with Crippen molar-refractivity contribution in [1.29, 1.82) is 0 Å². The number of nitrogens with zero attached hydrogens (tertiary/aromatic N) is 2. The lowest BCUT2D eigenvalue weighted by atomic mass is 10.2. The van der Waals surface area contributed by atoms with E-state index >= 15 is 0 Å². The zero-order valence-electron chi connectivity index (χ0n) is 8.45. The summed E-state index contributed by atoms with van der Waals surface area (Å²) < 4.78 is 14.0. The molecule has 0 unspecified atom stereocenters. The van der Waals surface area contributed by atoms with E-state index in [2.05, 4.69) is 15.9 Å². The van der Waals surface area contributed by atoms with Crippen molar-refractivity contribution in [1.82, 2.24) is 0 Å². The molecule has 4 nitrogen and oxygen atoms in total. The van der Waals surface area contributed by atoms with E-state index in [0.29, 0.717) is 10.2 Å². The van der Waals surface area contributed by atoms with Gasteiger partial charge in [0.15, 0.2) is 0 Å². The molecular formula is C10H10BrFN2O2. The molecule has 0 aromatic heterocycles. The molecule has 2 rings (SSSR count). The van der Waals surface area contributed by atoms with Gasteiger partial charge in [-0.25, -0.2) is 0 Å². The first-order valence-electron chi connectivity index (χ1n) is 4.98. The number of halogens is 2. The summed E-state index contributed by atoms with van der Waals surface area (Å²) in [6.07, 6.45) is 2.15. The highest BCUT2D eigenvalue weighted by molar-refractivity contribution is 9.10. The van der Waals surface area contributed by atoms with E-state index < -0.39 is 16.4 Å². The summed E-state index contributed by atoms with van der Waals surface area (Å²) >= 11 is 3.25. The summed E-state index contributed by atoms with van der Waals surface area (Å²) in [5.41, 5.74) is 0.204.